The summed E-state index contributed by atoms with van der Waals surface area (Å²) in [5.74, 6) is -0.630. The zero-order chi connectivity index (χ0) is 15.1. The van der Waals surface area contributed by atoms with Crippen LogP contribution in [0.3, 0.4) is 0 Å². The third-order valence-electron chi connectivity index (χ3n) is 2.96. The molecule has 0 spiro atoms. The van der Waals surface area contributed by atoms with Crippen LogP contribution < -0.4 is 10.5 Å². The molecule has 0 saturated carbocycles. The molecule has 1 aromatic heterocycles. The molecular weight excluding hydrogens is 273 g/mol. The Bertz CT molecular complexity index is 618. The molecule has 0 aliphatic heterocycles. The van der Waals surface area contributed by atoms with Crippen LogP contribution in [0.1, 0.15) is 17.5 Å². The Morgan fingerprint density at radius 3 is 2.76 bits per heavy atom. The zero-order valence-electron chi connectivity index (χ0n) is 11.4. The lowest BCUT2D eigenvalue weighted by Crippen LogP contribution is -2.17. The predicted molar refractivity (Wildman–Crippen MR) is 77.0 cm³/mol. The number of pyridine rings is 1. The number of ether oxygens (including phenoxy) is 1. The van der Waals surface area contributed by atoms with E-state index in [1.807, 2.05) is 12.1 Å². The molecule has 5 nitrogen and oxygen atoms in total. The second-order valence-electron chi connectivity index (χ2n) is 4.41. The quantitative estimate of drug-likeness (QED) is 0.281. The molecule has 1 heterocycles. The molecular formula is C15H16FN3O2. The van der Waals surface area contributed by atoms with Crippen molar-refractivity contribution in [3.05, 3.63) is 59.7 Å². The van der Waals surface area contributed by atoms with Gasteiger partial charge in [-0.05, 0) is 42.7 Å². The van der Waals surface area contributed by atoms with E-state index in [0.29, 0.717) is 6.61 Å². The van der Waals surface area contributed by atoms with Crippen LogP contribution >= 0.6 is 0 Å². The van der Waals surface area contributed by atoms with Crippen molar-refractivity contribution >= 4 is 5.84 Å². The van der Waals surface area contributed by atoms with E-state index >= 15 is 0 Å². The van der Waals surface area contributed by atoms with Gasteiger partial charge < -0.3 is 15.7 Å². The van der Waals surface area contributed by atoms with Crippen LogP contribution in [-0.2, 0) is 6.42 Å². The Hall–Kier alpha value is -2.63. The van der Waals surface area contributed by atoms with E-state index in [4.69, 9.17) is 15.7 Å². The maximum absolute atomic E-state index is 13.7. The van der Waals surface area contributed by atoms with Crippen LogP contribution in [0, 0.1) is 5.82 Å². The van der Waals surface area contributed by atoms with Gasteiger partial charge >= 0.3 is 0 Å². The number of nitrogens with zero attached hydrogens (tertiary/aromatic N) is 2. The summed E-state index contributed by atoms with van der Waals surface area (Å²) in [6.07, 6.45) is 5.06. The van der Waals surface area contributed by atoms with E-state index in [2.05, 4.69) is 10.1 Å². The molecule has 0 fully saturated rings. The van der Waals surface area contributed by atoms with Gasteiger partial charge in [0, 0.05) is 12.4 Å². The molecule has 0 amide bonds. The number of benzene rings is 1. The van der Waals surface area contributed by atoms with E-state index in [1.54, 1.807) is 18.5 Å². The molecule has 6 heteroatoms. The third-order valence-corrected chi connectivity index (χ3v) is 2.96. The van der Waals surface area contributed by atoms with E-state index in [-0.39, 0.29) is 17.1 Å². The summed E-state index contributed by atoms with van der Waals surface area (Å²) >= 11 is 0. The predicted octanol–water partition coefficient (Wildman–Crippen LogP) is 2.33. The van der Waals surface area contributed by atoms with Gasteiger partial charge in [-0.25, -0.2) is 4.39 Å². The summed E-state index contributed by atoms with van der Waals surface area (Å²) < 4.78 is 19.2. The first-order chi connectivity index (χ1) is 10.2. The first kappa shape index (κ1) is 14.8. The van der Waals surface area contributed by atoms with Gasteiger partial charge in [0.25, 0.3) is 0 Å². The summed E-state index contributed by atoms with van der Waals surface area (Å²) in [7, 11) is 0. The molecule has 0 bridgehead atoms. The van der Waals surface area contributed by atoms with Gasteiger partial charge in [0.05, 0.1) is 12.2 Å². The standard InChI is InChI=1S/C15H16FN3O2/c16-12-4-1-5-13(14(12)15(17)19-20)21-10-2-3-11-6-8-18-9-7-11/h1,4-9,20H,2-3,10H2,(H2,17,19). The summed E-state index contributed by atoms with van der Waals surface area (Å²) in [6, 6.07) is 8.20. The highest BCUT2D eigenvalue weighted by atomic mass is 19.1. The number of oxime groups is 1. The van der Waals surface area contributed by atoms with Crippen LogP contribution in [0.5, 0.6) is 5.75 Å². The van der Waals surface area contributed by atoms with Crippen molar-refractivity contribution in [2.45, 2.75) is 12.8 Å². The molecule has 2 aromatic rings. The largest absolute Gasteiger partial charge is 0.493 e. The smallest absolute Gasteiger partial charge is 0.176 e. The minimum absolute atomic E-state index is 0.0242. The number of aromatic nitrogens is 1. The number of aryl methyl sites for hydroxylation is 1. The first-order valence-corrected chi connectivity index (χ1v) is 6.50. The summed E-state index contributed by atoms with van der Waals surface area (Å²) in [5.41, 5.74) is 6.60. The Morgan fingerprint density at radius 2 is 2.05 bits per heavy atom. The van der Waals surface area contributed by atoms with Crippen LogP contribution in [0.2, 0.25) is 0 Å². The molecule has 1 aromatic carbocycles. The van der Waals surface area contributed by atoms with Crippen LogP contribution in [0.25, 0.3) is 0 Å². The molecule has 0 unspecified atom stereocenters. The number of hydrogen-bond donors (Lipinski definition) is 2. The van der Waals surface area contributed by atoms with E-state index in [0.717, 1.165) is 18.4 Å². The van der Waals surface area contributed by atoms with Crippen molar-refractivity contribution in [3.8, 4) is 5.75 Å². The lowest BCUT2D eigenvalue weighted by molar-refractivity contribution is 0.305. The second-order valence-corrected chi connectivity index (χ2v) is 4.41. The molecule has 0 saturated heterocycles. The average Bonchev–Trinajstić information content (AvgIpc) is 2.52. The Balaban J connectivity index is 1.96. The number of amidine groups is 1. The monoisotopic (exact) mass is 289 g/mol. The van der Waals surface area contributed by atoms with Gasteiger partial charge in [0.15, 0.2) is 5.84 Å². The molecule has 3 N–H and O–H groups in total. The van der Waals surface area contributed by atoms with Crippen molar-refractivity contribution < 1.29 is 14.3 Å². The van der Waals surface area contributed by atoms with Crippen LogP contribution in [-0.4, -0.2) is 22.6 Å². The molecule has 0 aliphatic rings. The van der Waals surface area contributed by atoms with Gasteiger partial charge in [-0.2, -0.15) is 0 Å². The van der Waals surface area contributed by atoms with Crippen LogP contribution in [0.15, 0.2) is 47.9 Å². The van der Waals surface area contributed by atoms with E-state index in [9.17, 15) is 4.39 Å². The van der Waals surface area contributed by atoms with Crippen LogP contribution in [0.4, 0.5) is 4.39 Å². The Labute approximate surface area is 121 Å². The fourth-order valence-electron chi connectivity index (χ4n) is 1.93. The van der Waals surface area contributed by atoms with Gasteiger partial charge in [0.2, 0.25) is 0 Å². The summed E-state index contributed by atoms with van der Waals surface area (Å²) in [5, 5.41) is 11.5. The third kappa shape index (κ3) is 3.92. The van der Waals surface area contributed by atoms with Crippen molar-refractivity contribution in [2.24, 2.45) is 10.9 Å². The average molecular weight is 289 g/mol. The maximum atomic E-state index is 13.7. The maximum Gasteiger partial charge on any atom is 0.176 e. The fraction of sp³-hybridized carbons (Fsp3) is 0.200. The van der Waals surface area contributed by atoms with E-state index < -0.39 is 5.82 Å². The summed E-state index contributed by atoms with van der Waals surface area (Å²) in [6.45, 7) is 0.400. The zero-order valence-corrected chi connectivity index (χ0v) is 11.4. The molecule has 21 heavy (non-hydrogen) atoms. The minimum Gasteiger partial charge on any atom is -0.493 e. The lowest BCUT2D eigenvalue weighted by atomic mass is 10.1. The molecule has 110 valence electrons. The minimum atomic E-state index is -0.586. The van der Waals surface area contributed by atoms with Crippen molar-refractivity contribution in [1.29, 1.82) is 0 Å². The Kier molecular flexibility index (Phi) is 5.09. The molecule has 0 radical (unpaired) electrons. The lowest BCUT2D eigenvalue weighted by Gasteiger charge is -2.11. The highest BCUT2D eigenvalue weighted by molar-refractivity contribution is 5.99. The number of nitrogens with two attached hydrogens (primary N) is 1. The van der Waals surface area contributed by atoms with Crippen molar-refractivity contribution in [2.75, 3.05) is 6.61 Å². The SMILES string of the molecule is NC(=NO)c1c(F)cccc1OCCCc1ccncc1. The number of hydrogen-bond acceptors (Lipinski definition) is 4. The molecule has 2 rings (SSSR count). The molecule has 0 aliphatic carbocycles. The number of rotatable bonds is 6. The second kappa shape index (κ2) is 7.23. The highest BCUT2D eigenvalue weighted by Gasteiger charge is 2.13. The topological polar surface area (TPSA) is 80.7 Å². The van der Waals surface area contributed by atoms with Crippen molar-refractivity contribution in [1.82, 2.24) is 4.98 Å². The normalized spacial score (nSPS) is 11.4. The molecule has 0 atom stereocenters. The van der Waals surface area contributed by atoms with Gasteiger partial charge in [-0.15, -0.1) is 0 Å². The Morgan fingerprint density at radius 1 is 1.29 bits per heavy atom. The number of halogens is 1. The van der Waals surface area contributed by atoms with Gasteiger partial charge in [0.1, 0.15) is 11.6 Å². The summed E-state index contributed by atoms with van der Waals surface area (Å²) in [4.78, 5) is 3.95. The van der Waals surface area contributed by atoms with Gasteiger partial charge in [-0.3, -0.25) is 4.98 Å². The van der Waals surface area contributed by atoms with E-state index in [1.165, 1.54) is 12.1 Å². The fourth-order valence-corrected chi connectivity index (χ4v) is 1.93. The first-order valence-electron chi connectivity index (χ1n) is 6.50. The van der Waals surface area contributed by atoms with Gasteiger partial charge in [-0.1, -0.05) is 11.2 Å². The van der Waals surface area contributed by atoms with Crippen molar-refractivity contribution in [3.63, 3.8) is 0 Å². The highest BCUT2D eigenvalue weighted by Crippen LogP contribution is 2.21.